The van der Waals surface area contributed by atoms with Gasteiger partial charge in [0.25, 0.3) is 5.91 Å². The summed E-state index contributed by atoms with van der Waals surface area (Å²) in [5.41, 5.74) is 1.16. The Morgan fingerprint density at radius 3 is 2.46 bits per heavy atom. The lowest BCUT2D eigenvalue weighted by atomic mass is 10.1. The van der Waals surface area contributed by atoms with Crippen molar-refractivity contribution >= 4 is 40.7 Å². The topological polar surface area (TPSA) is 55.4 Å². The largest absolute Gasteiger partial charge is 0.484 e. The Balaban J connectivity index is 1.53. The highest BCUT2D eigenvalue weighted by molar-refractivity contribution is 8.00. The summed E-state index contributed by atoms with van der Waals surface area (Å²) in [7, 11) is 0. The maximum atomic E-state index is 12.3. The van der Waals surface area contributed by atoms with E-state index in [1.54, 1.807) is 42.5 Å². The number of rotatable bonds is 8. The van der Waals surface area contributed by atoms with Crippen LogP contribution in [0.2, 0.25) is 5.02 Å². The molecule has 0 aliphatic carbocycles. The summed E-state index contributed by atoms with van der Waals surface area (Å²) in [5, 5.41) is 3.25. The summed E-state index contributed by atoms with van der Waals surface area (Å²) in [6, 6.07) is 23.5. The Morgan fingerprint density at radius 1 is 0.929 bits per heavy atom. The Kier molecular flexibility index (Phi) is 7.12. The molecule has 1 N–H and O–H groups in total. The number of thioether (sulfide) groups is 1. The molecule has 0 bridgehead atoms. The molecule has 3 aromatic rings. The van der Waals surface area contributed by atoms with E-state index in [0.29, 0.717) is 22.0 Å². The third kappa shape index (κ3) is 5.87. The summed E-state index contributed by atoms with van der Waals surface area (Å²) in [6.07, 6.45) is 0. The van der Waals surface area contributed by atoms with Crippen molar-refractivity contribution in [2.45, 2.75) is 4.90 Å². The van der Waals surface area contributed by atoms with E-state index in [4.69, 9.17) is 16.3 Å². The number of carbonyl (C=O) groups excluding carboxylic acids is 2. The van der Waals surface area contributed by atoms with Crippen LogP contribution < -0.4 is 10.1 Å². The molecule has 0 spiro atoms. The molecule has 0 saturated carbocycles. The van der Waals surface area contributed by atoms with Gasteiger partial charge >= 0.3 is 0 Å². The SMILES string of the molecule is O=C(COc1ccccc1)Nc1cccc(SCC(=O)c2ccccc2Cl)c1. The Hall–Kier alpha value is -2.76. The smallest absolute Gasteiger partial charge is 0.262 e. The number of amides is 1. The van der Waals surface area contributed by atoms with Gasteiger partial charge in [0, 0.05) is 16.1 Å². The standard InChI is InChI=1S/C22H18ClNO3S/c23-20-12-5-4-11-19(20)21(25)15-28-18-10-6-7-16(13-18)24-22(26)14-27-17-8-2-1-3-9-17/h1-13H,14-15H2,(H,24,26). The highest BCUT2D eigenvalue weighted by Crippen LogP contribution is 2.24. The van der Waals surface area contributed by atoms with E-state index in [9.17, 15) is 9.59 Å². The zero-order chi connectivity index (χ0) is 19.8. The van der Waals surface area contributed by atoms with Crippen molar-refractivity contribution in [2.24, 2.45) is 0 Å². The Bertz CT molecular complexity index is 963. The van der Waals surface area contributed by atoms with Gasteiger partial charge in [-0.3, -0.25) is 9.59 Å². The predicted molar refractivity (Wildman–Crippen MR) is 114 cm³/mol. The lowest BCUT2D eigenvalue weighted by molar-refractivity contribution is -0.118. The van der Waals surface area contributed by atoms with Crippen LogP contribution in [0, 0.1) is 0 Å². The first-order valence-corrected chi connectivity index (χ1v) is 9.96. The third-order valence-corrected chi connectivity index (χ3v) is 5.10. The summed E-state index contributed by atoms with van der Waals surface area (Å²) in [4.78, 5) is 25.3. The molecule has 0 aromatic heterocycles. The molecule has 6 heteroatoms. The lowest BCUT2D eigenvalue weighted by Crippen LogP contribution is -2.20. The lowest BCUT2D eigenvalue weighted by Gasteiger charge is -2.09. The first-order chi connectivity index (χ1) is 13.6. The molecule has 0 unspecified atom stereocenters. The van der Waals surface area contributed by atoms with E-state index < -0.39 is 0 Å². The summed E-state index contributed by atoms with van der Waals surface area (Å²) >= 11 is 7.46. The minimum Gasteiger partial charge on any atom is -0.484 e. The number of hydrogen-bond donors (Lipinski definition) is 1. The highest BCUT2D eigenvalue weighted by Gasteiger charge is 2.11. The van der Waals surface area contributed by atoms with Crippen LogP contribution in [-0.4, -0.2) is 24.1 Å². The molecule has 0 heterocycles. The predicted octanol–water partition coefficient (Wildman–Crippen LogP) is 5.33. The van der Waals surface area contributed by atoms with Crippen molar-refractivity contribution in [1.29, 1.82) is 0 Å². The number of Topliss-reactive ketones (excluding diaryl/α,β-unsaturated/α-hetero) is 1. The van der Waals surface area contributed by atoms with Gasteiger partial charge in [-0.05, 0) is 42.5 Å². The number of ketones is 1. The van der Waals surface area contributed by atoms with E-state index in [2.05, 4.69) is 5.32 Å². The molecule has 0 radical (unpaired) electrons. The van der Waals surface area contributed by atoms with Gasteiger partial charge in [-0.15, -0.1) is 11.8 Å². The zero-order valence-electron chi connectivity index (χ0n) is 14.9. The molecule has 3 aromatic carbocycles. The second-order valence-corrected chi connectivity index (χ2v) is 7.33. The van der Waals surface area contributed by atoms with Crippen LogP contribution in [-0.2, 0) is 4.79 Å². The van der Waals surface area contributed by atoms with Crippen molar-refractivity contribution in [1.82, 2.24) is 0 Å². The van der Waals surface area contributed by atoms with Crippen LogP contribution in [0.25, 0.3) is 0 Å². The maximum absolute atomic E-state index is 12.3. The second kappa shape index (κ2) is 9.97. The number of anilines is 1. The first-order valence-electron chi connectivity index (χ1n) is 8.60. The van der Waals surface area contributed by atoms with Crippen LogP contribution in [0.4, 0.5) is 5.69 Å². The maximum Gasteiger partial charge on any atom is 0.262 e. The molecule has 0 saturated heterocycles. The van der Waals surface area contributed by atoms with Gasteiger partial charge in [0.2, 0.25) is 0 Å². The molecule has 0 aliphatic rings. The Labute approximate surface area is 172 Å². The number of hydrogen-bond acceptors (Lipinski definition) is 4. The number of halogens is 1. The molecule has 0 aliphatic heterocycles. The van der Waals surface area contributed by atoms with Gasteiger partial charge < -0.3 is 10.1 Å². The minimum absolute atomic E-state index is 0.0405. The molecule has 3 rings (SSSR count). The van der Waals surface area contributed by atoms with Gasteiger partial charge in [0.15, 0.2) is 12.4 Å². The van der Waals surface area contributed by atoms with Crippen LogP contribution in [0.15, 0.2) is 83.8 Å². The van der Waals surface area contributed by atoms with Crippen LogP contribution in [0.5, 0.6) is 5.75 Å². The average Bonchev–Trinajstić information content (AvgIpc) is 2.72. The van der Waals surface area contributed by atoms with Gasteiger partial charge in [0.1, 0.15) is 5.75 Å². The molecule has 0 atom stereocenters. The van der Waals surface area contributed by atoms with Gasteiger partial charge in [-0.1, -0.05) is 48.0 Å². The van der Waals surface area contributed by atoms with Crippen molar-refractivity contribution in [3.8, 4) is 5.75 Å². The number of para-hydroxylation sites is 1. The highest BCUT2D eigenvalue weighted by atomic mass is 35.5. The summed E-state index contributed by atoms with van der Waals surface area (Å²) in [6.45, 7) is -0.0770. The van der Waals surface area contributed by atoms with E-state index in [1.807, 2.05) is 36.4 Å². The van der Waals surface area contributed by atoms with Crippen molar-refractivity contribution in [3.63, 3.8) is 0 Å². The van der Waals surface area contributed by atoms with E-state index in [1.165, 1.54) is 11.8 Å². The van der Waals surface area contributed by atoms with Crippen LogP contribution in [0.3, 0.4) is 0 Å². The van der Waals surface area contributed by atoms with Gasteiger partial charge in [0.05, 0.1) is 10.8 Å². The fraction of sp³-hybridized carbons (Fsp3) is 0.0909. The quantitative estimate of drug-likeness (QED) is 0.402. The van der Waals surface area contributed by atoms with Gasteiger partial charge in [-0.2, -0.15) is 0 Å². The van der Waals surface area contributed by atoms with Crippen LogP contribution >= 0.6 is 23.4 Å². The van der Waals surface area contributed by atoms with Crippen LogP contribution in [0.1, 0.15) is 10.4 Å². The van der Waals surface area contributed by atoms with Crippen molar-refractivity contribution in [2.75, 3.05) is 17.7 Å². The molecular formula is C22H18ClNO3S. The second-order valence-electron chi connectivity index (χ2n) is 5.87. The first kappa shape index (κ1) is 20.0. The molecular weight excluding hydrogens is 394 g/mol. The van der Waals surface area contributed by atoms with Crippen molar-refractivity contribution < 1.29 is 14.3 Å². The number of ether oxygens (including phenoxy) is 1. The Morgan fingerprint density at radius 2 is 1.68 bits per heavy atom. The molecule has 4 nitrogen and oxygen atoms in total. The molecule has 1 amide bonds. The normalized spacial score (nSPS) is 10.3. The number of benzene rings is 3. The number of carbonyl (C=O) groups is 2. The molecule has 142 valence electrons. The fourth-order valence-corrected chi connectivity index (χ4v) is 3.52. The van der Waals surface area contributed by atoms with E-state index in [-0.39, 0.29) is 24.1 Å². The van der Waals surface area contributed by atoms with Crippen molar-refractivity contribution in [3.05, 3.63) is 89.4 Å². The third-order valence-electron chi connectivity index (χ3n) is 3.78. The summed E-state index contributed by atoms with van der Waals surface area (Å²) < 4.78 is 5.43. The summed E-state index contributed by atoms with van der Waals surface area (Å²) in [5.74, 6) is 0.609. The molecule has 28 heavy (non-hydrogen) atoms. The van der Waals surface area contributed by atoms with E-state index in [0.717, 1.165) is 4.90 Å². The van der Waals surface area contributed by atoms with Gasteiger partial charge in [-0.25, -0.2) is 0 Å². The zero-order valence-corrected chi connectivity index (χ0v) is 16.5. The van der Waals surface area contributed by atoms with E-state index >= 15 is 0 Å². The fourth-order valence-electron chi connectivity index (χ4n) is 2.44. The molecule has 0 fully saturated rings. The minimum atomic E-state index is -0.252. The average molecular weight is 412 g/mol. The monoisotopic (exact) mass is 411 g/mol. The number of nitrogens with one attached hydrogen (secondary N) is 1.